The van der Waals surface area contributed by atoms with Gasteiger partial charge in [0.2, 0.25) is 0 Å². The van der Waals surface area contributed by atoms with Crippen molar-refractivity contribution in [2.24, 2.45) is 5.41 Å². The van der Waals surface area contributed by atoms with Gasteiger partial charge in [-0.15, -0.1) is 0 Å². The maximum atomic E-state index is 8.86. The first-order valence-corrected chi connectivity index (χ1v) is 6.89. The molecule has 0 amide bonds. The molecule has 0 aliphatic heterocycles. The van der Waals surface area contributed by atoms with Crippen molar-refractivity contribution in [2.75, 3.05) is 13.2 Å². The molecule has 0 saturated heterocycles. The van der Waals surface area contributed by atoms with Crippen LogP contribution in [0.2, 0.25) is 5.02 Å². The van der Waals surface area contributed by atoms with Gasteiger partial charge in [0.1, 0.15) is 0 Å². The van der Waals surface area contributed by atoms with E-state index in [-0.39, 0.29) is 12.0 Å². The number of aliphatic hydroxyl groups excluding tert-OH is 1. The van der Waals surface area contributed by atoms with Crippen molar-refractivity contribution in [3.05, 3.63) is 34.3 Å². The highest BCUT2D eigenvalue weighted by atomic mass is 35.5. The summed E-state index contributed by atoms with van der Waals surface area (Å²) in [6.07, 6.45) is 1.91. The van der Waals surface area contributed by atoms with Crippen LogP contribution in [0.4, 0.5) is 0 Å². The summed E-state index contributed by atoms with van der Waals surface area (Å²) in [7, 11) is 0. The number of halogens is 1. The van der Waals surface area contributed by atoms with Gasteiger partial charge in [-0.05, 0) is 48.4 Å². The molecule has 0 aliphatic carbocycles. The van der Waals surface area contributed by atoms with Gasteiger partial charge in [-0.3, -0.25) is 0 Å². The largest absolute Gasteiger partial charge is 0.396 e. The molecule has 0 fully saturated rings. The summed E-state index contributed by atoms with van der Waals surface area (Å²) in [5, 5.41) is 13.1. The average molecular weight is 270 g/mol. The van der Waals surface area contributed by atoms with Gasteiger partial charge < -0.3 is 10.4 Å². The van der Waals surface area contributed by atoms with Crippen LogP contribution >= 0.6 is 11.6 Å². The lowest BCUT2D eigenvalue weighted by Gasteiger charge is -2.25. The molecule has 3 heteroatoms. The number of rotatable bonds is 7. The van der Waals surface area contributed by atoms with E-state index in [1.807, 2.05) is 12.1 Å². The van der Waals surface area contributed by atoms with Crippen molar-refractivity contribution in [1.29, 1.82) is 0 Å². The van der Waals surface area contributed by atoms with Gasteiger partial charge in [0.15, 0.2) is 0 Å². The molecule has 2 N–H and O–H groups in total. The Balaban J connectivity index is 2.41. The third-order valence-corrected chi connectivity index (χ3v) is 3.47. The maximum Gasteiger partial charge on any atom is 0.0431 e. The molecular formula is C15H24ClNO. The Morgan fingerprint density at radius 1 is 1.33 bits per heavy atom. The van der Waals surface area contributed by atoms with Crippen LogP contribution in [-0.2, 0) is 6.54 Å². The zero-order valence-electron chi connectivity index (χ0n) is 11.6. The van der Waals surface area contributed by atoms with E-state index >= 15 is 0 Å². The summed E-state index contributed by atoms with van der Waals surface area (Å²) < 4.78 is 0. The molecule has 0 aromatic heterocycles. The number of nitrogens with one attached hydrogen (secondary N) is 1. The number of aryl methyl sites for hydroxylation is 1. The molecule has 0 saturated carbocycles. The summed E-state index contributed by atoms with van der Waals surface area (Å²) in [5.41, 5.74) is 2.74. The Morgan fingerprint density at radius 3 is 2.67 bits per heavy atom. The lowest BCUT2D eigenvalue weighted by atomic mass is 9.88. The standard InChI is InChI=1S/C15H24ClNO/c1-12-9-14(16)6-5-13(12)10-17-11-15(2,3)7-4-8-18/h5-6,9,17-18H,4,7-8,10-11H2,1-3H3. The van der Waals surface area contributed by atoms with Crippen molar-refractivity contribution in [2.45, 2.75) is 40.2 Å². The van der Waals surface area contributed by atoms with Gasteiger partial charge in [0, 0.05) is 24.7 Å². The lowest BCUT2D eigenvalue weighted by molar-refractivity contribution is 0.236. The summed E-state index contributed by atoms with van der Waals surface area (Å²) in [6.45, 7) is 8.63. The molecule has 2 nitrogen and oxygen atoms in total. The fourth-order valence-electron chi connectivity index (χ4n) is 2.04. The van der Waals surface area contributed by atoms with E-state index in [4.69, 9.17) is 16.7 Å². The summed E-state index contributed by atoms with van der Waals surface area (Å²) in [6, 6.07) is 6.00. The molecule has 18 heavy (non-hydrogen) atoms. The minimum atomic E-state index is 0.225. The zero-order chi connectivity index (χ0) is 13.6. The smallest absolute Gasteiger partial charge is 0.0431 e. The van der Waals surface area contributed by atoms with Crippen LogP contribution in [0.15, 0.2) is 18.2 Å². The highest BCUT2D eigenvalue weighted by Gasteiger charge is 2.16. The highest BCUT2D eigenvalue weighted by Crippen LogP contribution is 2.21. The Labute approximate surface area is 115 Å². The van der Waals surface area contributed by atoms with Crippen molar-refractivity contribution in [3.63, 3.8) is 0 Å². The van der Waals surface area contributed by atoms with Gasteiger partial charge >= 0.3 is 0 Å². The molecule has 0 aliphatic rings. The molecule has 0 spiro atoms. The molecule has 0 radical (unpaired) electrons. The van der Waals surface area contributed by atoms with Crippen LogP contribution in [0, 0.1) is 12.3 Å². The predicted octanol–water partition coefficient (Wildman–Crippen LogP) is 3.54. The van der Waals surface area contributed by atoms with E-state index in [0.717, 1.165) is 31.0 Å². The van der Waals surface area contributed by atoms with E-state index < -0.39 is 0 Å². The Bertz CT molecular complexity index is 377. The van der Waals surface area contributed by atoms with Crippen LogP contribution in [0.3, 0.4) is 0 Å². The first-order valence-electron chi connectivity index (χ1n) is 6.51. The minimum Gasteiger partial charge on any atom is -0.396 e. The molecule has 1 aromatic carbocycles. The molecule has 102 valence electrons. The second-order valence-electron chi connectivity index (χ2n) is 5.67. The van der Waals surface area contributed by atoms with Gasteiger partial charge in [-0.1, -0.05) is 31.5 Å². The monoisotopic (exact) mass is 269 g/mol. The number of aliphatic hydroxyl groups is 1. The summed E-state index contributed by atoms with van der Waals surface area (Å²) in [5.74, 6) is 0. The number of hydrogen-bond donors (Lipinski definition) is 2. The fourth-order valence-corrected chi connectivity index (χ4v) is 2.27. The topological polar surface area (TPSA) is 32.3 Å². The van der Waals surface area contributed by atoms with E-state index in [0.29, 0.717) is 0 Å². The average Bonchev–Trinajstić information content (AvgIpc) is 2.29. The SMILES string of the molecule is Cc1cc(Cl)ccc1CNCC(C)(C)CCCO. The fraction of sp³-hybridized carbons (Fsp3) is 0.600. The quantitative estimate of drug-likeness (QED) is 0.794. The second-order valence-corrected chi connectivity index (χ2v) is 6.10. The zero-order valence-corrected chi connectivity index (χ0v) is 12.3. The van der Waals surface area contributed by atoms with Gasteiger partial charge in [-0.25, -0.2) is 0 Å². The third kappa shape index (κ3) is 5.38. The first kappa shape index (κ1) is 15.5. The van der Waals surface area contributed by atoms with Crippen LogP contribution < -0.4 is 5.32 Å². The number of hydrogen-bond acceptors (Lipinski definition) is 2. The minimum absolute atomic E-state index is 0.225. The molecular weight excluding hydrogens is 246 g/mol. The van der Waals surface area contributed by atoms with Crippen LogP contribution in [0.5, 0.6) is 0 Å². The molecule has 0 bridgehead atoms. The summed E-state index contributed by atoms with van der Waals surface area (Å²) in [4.78, 5) is 0. The van der Waals surface area contributed by atoms with Crippen molar-refractivity contribution in [1.82, 2.24) is 5.32 Å². The lowest BCUT2D eigenvalue weighted by Crippen LogP contribution is -2.29. The molecule has 1 rings (SSSR count). The molecule has 1 aromatic rings. The van der Waals surface area contributed by atoms with E-state index in [9.17, 15) is 0 Å². The Kier molecular flexibility index (Phi) is 6.13. The second kappa shape index (κ2) is 7.13. The maximum absolute atomic E-state index is 8.86. The predicted molar refractivity (Wildman–Crippen MR) is 78.0 cm³/mol. The normalized spacial score (nSPS) is 11.8. The van der Waals surface area contributed by atoms with E-state index in [2.05, 4.69) is 32.2 Å². The van der Waals surface area contributed by atoms with Gasteiger partial charge in [-0.2, -0.15) is 0 Å². The molecule has 0 heterocycles. The van der Waals surface area contributed by atoms with Crippen molar-refractivity contribution < 1.29 is 5.11 Å². The first-order chi connectivity index (χ1) is 8.44. The molecule has 0 unspecified atom stereocenters. The Hall–Kier alpha value is -0.570. The third-order valence-electron chi connectivity index (χ3n) is 3.24. The van der Waals surface area contributed by atoms with Crippen LogP contribution in [0.1, 0.15) is 37.8 Å². The number of benzene rings is 1. The van der Waals surface area contributed by atoms with Crippen molar-refractivity contribution in [3.8, 4) is 0 Å². The van der Waals surface area contributed by atoms with E-state index in [1.165, 1.54) is 11.1 Å². The van der Waals surface area contributed by atoms with Gasteiger partial charge in [0.05, 0.1) is 0 Å². The molecule has 0 atom stereocenters. The van der Waals surface area contributed by atoms with Crippen molar-refractivity contribution >= 4 is 11.6 Å². The summed E-state index contributed by atoms with van der Waals surface area (Å²) >= 11 is 5.94. The highest BCUT2D eigenvalue weighted by molar-refractivity contribution is 6.30. The van der Waals surface area contributed by atoms with Gasteiger partial charge in [0.25, 0.3) is 0 Å². The Morgan fingerprint density at radius 2 is 2.06 bits per heavy atom. The van der Waals surface area contributed by atoms with Crippen LogP contribution in [-0.4, -0.2) is 18.3 Å². The van der Waals surface area contributed by atoms with E-state index in [1.54, 1.807) is 0 Å². The van der Waals surface area contributed by atoms with Crippen LogP contribution in [0.25, 0.3) is 0 Å².